The number of pyridine rings is 1. The summed E-state index contributed by atoms with van der Waals surface area (Å²) < 4.78 is 40.1. The maximum Gasteiger partial charge on any atom is 0.416 e. The second-order valence-corrected chi connectivity index (χ2v) is 6.98. The van der Waals surface area contributed by atoms with E-state index in [1.54, 1.807) is 16.7 Å². The molecule has 0 saturated heterocycles. The average molecular weight is 425 g/mol. The molecule has 29 heavy (non-hydrogen) atoms. The number of fused-ring (bicyclic) bond motifs is 1. The molecule has 0 atom stereocenters. The van der Waals surface area contributed by atoms with Crippen LogP contribution >= 0.6 is 11.8 Å². The molecule has 0 aliphatic heterocycles. The number of nitrogens with zero attached hydrogens (tertiary/aromatic N) is 4. The zero-order valence-electron chi connectivity index (χ0n) is 14.9. The Morgan fingerprint density at radius 3 is 2.69 bits per heavy atom. The zero-order chi connectivity index (χ0) is 21.2. The zero-order valence-corrected chi connectivity index (χ0v) is 15.8. The maximum absolute atomic E-state index is 12.8. The molecule has 152 valence electrons. The predicted molar refractivity (Wildman–Crippen MR) is 100 cm³/mol. The van der Waals surface area contributed by atoms with Crippen LogP contribution in [0.4, 0.5) is 24.5 Å². The Labute approximate surface area is 166 Å². The Kier molecular flexibility index (Phi) is 5.73. The van der Waals surface area contributed by atoms with Crippen molar-refractivity contribution >= 4 is 34.7 Å². The molecule has 3 rings (SSSR count). The van der Waals surface area contributed by atoms with Gasteiger partial charge < -0.3 is 5.32 Å². The van der Waals surface area contributed by atoms with Gasteiger partial charge in [0.25, 0.3) is 11.6 Å². The average Bonchev–Trinajstić information content (AvgIpc) is 3.07. The van der Waals surface area contributed by atoms with Crippen LogP contribution in [-0.4, -0.2) is 31.2 Å². The molecule has 0 saturated carbocycles. The summed E-state index contributed by atoms with van der Waals surface area (Å²) in [4.78, 5) is 22.6. The Morgan fingerprint density at radius 2 is 2.03 bits per heavy atom. The van der Waals surface area contributed by atoms with E-state index in [0.717, 1.165) is 18.2 Å². The molecule has 0 radical (unpaired) electrons. The highest BCUT2D eigenvalue weighted by Gasteiger charge is 2.34. The lowest BCUT2D eigenvalue weighted by Gasteiger charge is -2.10. The summed E-state index contributed by atoms with van der Waals surface area (Å²) in [5.74, 6) is -0.0876. The number of hydrogen-bond donors (Lipinski definition) is 1. The summed E-state index contributed by atoms with van der Waals surface area (Å²) in [6, 6.07) is 4.88. The van der Waals surface area contributed by atoms with Gasteiger partial charge in [0.05, 0.1) is 16.2 Å². The van der Waals surface area contributed by atoms with Crippen molar-refractivity contribution in [3.05, 3.63) is 57.8 Å². The van der Waals surface area contributed by atoms with E-state index in [1.165, 1.54) is 17.8 Å². The first-order valence-electron chi connectivity index (χ1n) is 8.35. The van der Waals surface area contributed by atoms with Crippen molar-refractivity contribution in [3.8, 4) is 0 Å². The van der Waals surface area contributed by atoms with Gasteiger partial charge in [0, 0.05) is 18.0 Å². The van der Waals surface area contributed by atoms with Gasteiger partial charge >= 0.3 is 6.18 Å². The number of anilines is 1. The van der Waals surface area contributed by atoms with Gasteiger partial charge in [-0.2, -0.15) is 13.2 Å². The van der Waals surface area contributed by atoms with Gasteiger partial charge in [0.15, 0.2) is 10.8 Å². The molecule has 0 unspecified atom stereocenters. The number of benzene rings is 1. The number of carbonyl (C=O) groups is 1. The molecule has 0 aliphatic carbocycles. The van der Waals surface area contributed by atoms with Gasteiger partial charge in [-0.3, -0.25) is 19.3 Å². The fourth-order valence-corrected chi connectivity index (χ4v) is 3.26. The molecule has 0 bridgehead atoms. The van der Waals surface area contributed by atoms with Crippen molar-refractivity contribution in [2.24, 2.45) is 0 Å². The number of hydrogen-bond acceptors (Lipinski definition) is 6. The monoisotopic (exact) mass is 425 g/mol. The minimum absolute atomic E-state index is 0.287. The topological polar surface area (TPSA) is 102 Å². The van der Waals surface area contributed by atoms with Crippen LogP contribution in [0.2, 0.25) is 0 Å². The van der Waals surface area contributed by atoms with E-state index in [9.17, 15) is 28.1 Å². The Hall–Kier alpha value is -3.15. The van der Waals surface area contributed by atoms with Crippen LogP contribution < -0.4 is 5.32 Å². The lowest BCUT2D eigenvalue weighted by Crippen LogP contribution is -2.15. The summed E-state index contributed by atoms with van der Waals surface area (Å²) in [6.45, 7) is 2.01. The first kappa shape index (κ1) is 20.6. The van der Waals surface area contributed by atoms with Crippen LogP contribution in [0.15, 0.2) is 41.7 Å². The summed E-state index contributed by atoms with van der Waals surface area (Å²) in [5.41, 5.74) is -1.78. The fraction of sp³-hybridized carbons (Fsp3) is 0.235. The highest BCUT2D eigenvalue weighted by Crippen LogP contribution is 2.33. The van der Waals surface area contributed by atoms with Gasteiger partial charge in [0.1, 0.15) is 5.56 Å². The molecule has 8 nitrogen and oxygen atoms in total. The van der Waals surface area contributed by atoms with Gasteiger partial charge in [-0.15, -0.1) is 10.2 Å². The van der Waals surface area contributed by atoms with Crippen LogP contribution in [0.1, 0.15) is 29.3 Å². The number of amides is 1. The molecule has 0 spiro atoms. The smallest absolute Gasteiger partial charge is 0.320 e. The number of rotatable bonds is 6. The Balaban J connectivity index is 1.91. The number of nitro groups is 1. The number of nitrogens with one attached hydrogen (secondary N) is 1. The molecule has 0 fully saturated rings. The Bertz CT molecular complexity index is 1080. The number of aromatic nitrogens is 3. The second-order valence-electron chi connectivity index (χ2n) is 5.92. The standard InChI is InChI=1S/C17H14F3N5O3S/c1-2-7-29-16-23-22-14-6-4-11(9-24(14)16)21-15(26)12-5-3-10(17(18,19)20)8-13(12)25(27)28/h3-6,8-9H,2,7H2,1H3,(H,21,26). The number of thioether (sulfide) groups is 1. The molecule has 0 aliphatic rings. The molecule has 12 heteroatoms. The fourth-order valence-electron chi connectivity index (χ4n) is 2.48. The molecular weight excluding hydrogens is 411 g/mol. The van der Waals surface area contributed by atoms with Crippen LogP contribution in [-0.2, 0) is 6.18 Å². The van der Waals surface area contributed by atoms with Crippen molar-refractivity contribution in [2.45, 2.75) is 24.7 Å². The second kappa shape index (κ2) is 8.07. The van der Waals surface area contributed by atoms with Gasteiger partial charge in [-0.05, 0) is 30.7 Å². The normalized spacial score (nSPS) is 11.6. The van der Waals surface area contributed by atoms with Crippen LogP contribution in [0, 0.1) is 10.1 Å². The van der Waals surface area contributed by atoms with Crippen molar-refractivity contribution in [1.29, 1.82) is 0 Å². The maximum atomic E-state index is 12.8. The van der Waals surface area contributed by atoms with E-state index >= 15 is 0 Å². The third-order valence-electron chi connectivity index (χ3n) is 3.83. The van der Waals surface area contributed by atoms with Gasteiger partial charge in [-0.25, -0.2) is 0 Å². The van der Waals surface area contributed by atoms with Crippen molar-refractivity contribution in [3.63, 3.8) is 0 Å². The minimum atomic E-state index is -4.76. The van der Waals surface area contributed by atoms with E-state index in [1.807, 2.05) is 6.92 Å². The minimum Gasteiger partial charge on any atom is -0.320 e. The van der Waals surface area contributed by atoms with E-state index in [4.69, 9.17) is 0 Å². The summed E-state index contributed by atoms with van der Waals surface area (Å²) in [6.07, 6.45) is -2.29. The Morgan fingerprint density at radius 1 is 1.28 bits per heavy atom. The van der Waals surface area contributed by atoms with E-state index < -0.39 is 33.8 Å². The lowest BCUT2D eigenvalue weighted by atomic mass is 10.1. The predicted octanol–water partition coefficient (Wildman–Crippen LogP) is 4.41. The number of halogens is 3. The molecule has 3 aromatic rings. The molecule has 2 heterocycles. The quantitative estimate of drug-likeness (QED) is 0.357. The number of carbonyl (C=O) groups excluding carboxylic acids is 1. The summed E-state index contributed by atoms with van der Waals surface area (Å²) >= 11 is 1.47. The largest absolute Gasteiger partial charge is 0.416 e. The van der Waals surface area contributed by atoms with Crippen LogP contribution in [0.3, 0.4) is 0 Å². The van der Waals surface area contributed by atoms with E-state index in [0.29, 0.717) is 22.9 Å². The summed E-state index contributed by atoms with van der Waals surface area (Å²) in [5, 5.41) is 22.3. The van der Waals surface area contributed by atoms with Crippen molar-refractivity contribution < 1.29 is 22.9 Å². The van der Waals surface area contributed by atoms with Gasteiger partial charge in [-0.1, -0.05) is 18.7 Å². The molecule has 1 amide bonds. The molecule has 1 N–H and O–H groups in total. The summed E-state index contributed by atoms with van der Waals surface area (Å²) in [7, 11) is 0. The lowest BCUT2D eigenvalue weighted by molar-refractivity contribution is -0.385. The molecular formula is C17H14F3N5O3S. The van der Waals surface area contributed by atoms with Crippen LogP contribution in [0.5, 0.6) is 0 Å². The van der Waals surface area contributed by atoms with Crippen LogP contribution in [0.25, 0.3) is 5.65 Å². The molecule has 1 aromatic carbocycles. The van der Waals surface area contributed by atoms with Crippen molar-refractivity contribution in [1.82, 2.24) is 14.6 Å². The van der Waals surface area contributed by atoms with Crippen molar-refractivity contribution in [2.75, 3.05) is 11.1 Å². The molecule has 2 aromatic heterocycles. The number of nitro benzene ring substituents is 1. The first-order chi connectivity index (χ1) is 13.7. The van der Waals surface area contributed by atoms with E-state index in [-0.39, 0.29) is 5.69 Å². The highest BCUT2D eigenvalue weighted by molar-refractivity contribution is 7.99. The number of alkyl halides is 3. The first-order valence-corrected chi connectivity index (χ1v) is 9.34. The van der Waals surface area contributed by atoms with Gasteiger partial charge in [0.2, 0.25) is 0 Å². The SMILES string of the molecule is CCCSc1nnc2ccc(NC(=O)c3ccc(C(F)(F)F)cc3[N+](=O)[O-])cn12. The highest BCUT2D eigenvalue weighted by atomic mass is 32.2. The third kappa shape index (κ3) is 4.47. The third-order valence-corrected chi connectivity index (χ3v) is 4.98. The van der Waals surface area contributed by atoms with E-state index in [2.05, 4.69) is 15.5 Å².